The molecule has 2 aromatic heterocycles. The standard InChI is InChI=1S/C43H40N4O3/c1-30-40(31(2)45-47(42(30)48)39-20-12-13-29-49-39)32-21-23-36(24-22-32)50-41-37-26-28-46(38(37)25-27-44-41)43(33-14-6-3-7-15-33,34-16-8-4-9-17-34)35-18-10-5-11-19-35/h3-11,14-19,21-25,27,39H,12-13,20,26,28-29H2,1-2H3. The van der Waals surface area contributed by atoms with Gasteiger partial charge in [0, 0.05) is 41.7 Å². The van der Waals surface area contributed by atoms with Crippen LogP contribution in [0, 0.1) is 13.8 Å². The maximum Gasteiger partial charge on any atom is 0.272 e. The highest BCUT2D eigenvalue weighted by Crippen LogP contribution is 2.49. The summed E-state index contributed by atoms with van der Waals surface area (Å²) in [4.78, 5) is 20.6. The number of anilines is 1. The lowest BCUT2D eigenvalue weighted by Gasteiger charge is -2.45. The van der Waals surface area contributed by atoms with E-state index in [1.165, 1.54) is 21.4 Å². The van der Waals surface area contributed by atoms with E-state index in [1.54, 1.807) is 0 Å². The highest BCUT2D eigenvalue weighted by Gasteiger charge is 2.45. The van der Waals surface area contributed by atoms with Crippen molar-refractivity contribution < 1.29 is 9.47 Å². The van der Waals surface area contributed by atoms with E-state index in [9.17, 15) is 4.79 Å². The summed E-state index contributed by atoms with van der Waals surface area (Å²) in [5.41, 5.74) is 8.31. The molecule has 0 aliphatic carbocycles. The first-order valence-electron chi connectivity index (χ1n) is 17.5. The lowest BCUT2D eigenvalue weighted by Crippen LogP contribution is -2.47. The zero-order valence-electron chi connectivity index (χ0n) is 28.5. The lowest BCUT2D eigenvalue weighted by atomic mass is 9.75. The van der Waals surface area contributed by atoms with Crippen molar-refractivity contribution in [1.29, 1.82) is 0 Å². The summed E-state index contributed by atoms with van der Waals surface area (Å²) >= 11 is 0. The molecule has 4 aromatic carbocycles. The molecule has 6 aromatic rings. The smallest absolute Gasteiger partial charge is 0.272 e. The van der Waals surface area contributed by atoms with Gasteiger partial charge in [-0.2, -0.15) is 5.10 Å². The maximum atomic E-state index is 13.4. The SMILES string of the molecule is Cc1nn(C2CCCCO2)c(=O)c(C)c1-c1ccc(Oc2nccc3c2CCN3C(c2ccccc2)(c2ccccc2)c2ccccc2)cc1. The Bertz CT molecular complexity index is 2060. The van der Waals surface area contributed by atoms with E-state index in [1.807, 2.05) is 44.3 Å². The van der Waals surface area contributed by atoms with E-state index in [0.717, 1.165) is 60.3 Å². The van der Waals surface area contributed by atoms with Gasteiger partial charge in [-0.3, -0.25) is 4.79 Å². The van der Waals surface area contributed by atoms with Gasteiger partial charge in [0.15, 0.2) is 6.23 Å². The molecule has 0 saturated carbocycles. The number of benzene rings is 4. The second kappa shape index (κ2) is 13.4. The molecule has 0 radical (unpaired) electrons. The Morgan fingerprint density at radius 2 is 1.40 bits per heavy atom. The third kappa shape index (κ3) is 5.48. The van der Waals surface area contributed by atoms with Gasteiger partial charge in [0.2, 0.25) is 5.88 Å². The molecule has 1 atom stereocenters. The van der Waals surface area contributed by atoms with Gasteiger partial charge in [-0.15, -0.1) is 0 Å². The summed E-state index contributed by atoms with van der Waals surface area (Å²) < 4.78 is 13.9. The van der Waals surface area contributed by atoms with Crippen molar-refractivity contribution in [3.63, 3.8) is 0 Å². The number of aromatic nitrogens is 3. The predicted molar refractivity (Wildman–Crippen MR) is 197 cm³/mol. The van der Waals surface area contributed by atoms with Crippen LogP contribution in [0.25, 0.3) is 11.1 Å². The molecule has 2 aliphatic heterocycles. The zero-order chi connectivity index (χ0) is 34.1. The van der Waals surface area contributed by atoms with Crippen LogP contribution in [0.2, 0.25) is 0 Å². The van der Waals surface area contributed by atoms with E-state index in [-0.39, 0.29) is 11.8 Å². The molecule has 8 rings (SSSR count). The van der Waals surface area contributed by atoms with Crippen molar-refractivity contribution in [2.24, 2.45) is 0 Å². The highest BCUT2D eigenvalue weighted by atomic mass is 16.5. The van der Waals surface area contributed by atoms with Gasteiger partial charge in [0.1, 0.15) is 11.3 Å². The summed E-state index contributed by atoms with van der Waals surface area (Å²) in [7, 11) is 0. The van der Waals surface area contributed by atoms with Crippen molar-refractivity contribution in [3.8, 4) is 22.8 Å². The number of hydrogen-bond donors (Lipinski definition) is 0. The minimum Gasteiger partial charge on any atom is -0.439 e. The largest absolute Gasteiger partial charge is 0.439 e. The Balaban J connectivity index is 1.14. The average molecular weight is 661 g/mol. The molecule has 0 amide bonds. The molecule has 0 spiro atoms. The van der Waals surface area contributed by atoms with Crippen molar-refractivity contribution in [3.05, 3.63) is 171 Å². The van der Waals surface area contributed by atoms with Crippen LogP contribution in [-0.4, -0.2) is 27.9 Å². The number of pyridine rings is 1. The Hall–Kier alpha value is -5.53. The molecule has 0 bridgehead atoms. The minimum absolute atomic E-state index is 0.107. The molecule has 0 N–H and O–H groups in total. The summed E-state index contributed by atoms with van der Waals surface area (Å²) in [5, 5.41) is 4.69. The molecule has 1 unspecified atom stereocenters. The lowest BCUT2D eigenvalue weighted by molar-refractivity contribution is -0.0428. The predicted octanol–water partition coefficient (Wildman–Crippen LogP) is 8.77. The summed E-state index contributed by atoms with van der Waals surface area (Å²) in [5.74, 6) is 1.28. The van der Waals surface area contributed by atoms with Gasteiger partial charge in [-0.1, -0.05) is 103 Å². The van der Waals surface area contributed by atoms with Crippen LogP contribution in [0.5, 0.6) is 11.6 Å². The van der Waals surface area contributed by atoms with Gasteiger partial charge in [-0.25, -0.2) is 9.67 Å². The van der Waals surface area contributed by atoms with Gasteiger partial charge in [-0.05, 0) is 80.0 Å². The van der Waals surface area contributed by atoms with Gasteiger partial charge in [0.05, 0.1) is 5.69 Å². The van der Waals surface area contributed by atoms with Crippen molar-refractivity contribution in [2.75, 3.05) is 18.1 Å². The van der Waals surface area contributed by atoms with Crippen LogP contribution in [0.1, 0.15) is 59.0 Å². The molecular weight excluding hydrogens is 620 g/mol. The van der Waals surface area contributed by atoms with Crippen LogP contribution in [0.3, 0.4) is 0 Å². The van der Waals surface area contributed by atoms with Gasteiger partial charge in [0.25, 0.3) is 5.56 Å². The topological polar surface area (TPSA) is 69.5 Å². The second-order valence-electron chi connectivity index (χ2n) is 13.1. The Morgan fingerprint density at radius 3 is 1.98 bits per heavy atom. The van der Waals surface area contributed by atoms with Crippen LogP contribution in [0.15, 0.2) is 132 Å². The molecule has 4 heterocycles. The molecule has 1 saturated heterocycles. The number of nitrogens with zero attached hydrogens (tertiary/aromatic N) is 4. The Kier molecular flexibility index (Phi) is 8.51. The fourth-order valence-electron chi connectivity index (χ4n) is 7.88. The normalized spacial score (nSPS) is 15.9. The third-order valence-corrected chi connectivity index (χ3v) is 10.2. The third-order valence-electron chi connectivity index (χ3n) is 10.2. The fraction of sp³-hybridized carbons (Fsp3) is 0.233. The first-order chi connectivity index (χ1) is 24.6. The molecule has 50 heavy (non-hydrogen) atoms. The molecule has 250 valence electrons. The average Bonchev–Trinajstić information content (AvgIpc) is 3.61. The quantitative estimate of drug-likeness (QED) is 0.152. The van der Waals surface area contributed by atoms with E-state index in [2.05, 4.69) is 107 Å². The number of rotatable bonds is 8. The number of ether oxygens (including phenoxy) is 2. The molecule has 1 fully saturated rings. The zero-order valence-corrected chi connectivity index (χ0v) is 28.5. The van der Waals surface area contributed by atoms with E-state index < -0.39 is 5.54 Å². The van der Waals surface area contributed by atoms with Crippen LogP contribution in [0.4, 0.5) is 5.69 Å². The van der Waals surface area contributed by atoms with Crippen molar-refractivity contribution in [2.45, 2.75) is 51.3 Å². The summed E-state index contributed by atoms with van der Waals surface area (Å²) in [6, 6.07) is 42.3. The Morgan fingerprint density at radius 1 is 0.780 bits per heavy atom. The fourth-order valence-corrected chi connectivity index (χ4v) is 7.88. The molecular formula is C43H40N4O3. The van der Waals surface area contributed by atoms with Crippen LogP contribution in [-0.2, 0) is 16.7 Å². The molecule has 7 heteroatoms. The van der Waals surface area contributed by atoms with Gasteiger partial charge >= 0.3 is 0 Å². The molecule has 2 aliphatic rings. The van der Waals surface area contributed by atoms with E-state index in [4.69, 9.17) is 14.5 Å². The Labute approximate surface area is 292 Å². The molecule has 7 nitrogen and oxygen atoms in total. The monoisotopic (exact) mass is 660 g/mol. The highest BCUT2D eigenvalue weighted by molar-refractivity contribution is 5.71. The first-order valence-corrected chi connectivity index (χ1v) is 17.5. The van der Waals surface area contributed by atoms with Crippen LogP contribution >= 0.6 is 0 Å². The maximum absolute atomic E-state index is 13.4. The van der Waals surface area contributed by atoms with Crippen LogP contribution < -0.4 is 15.2 Å². The first kappa shape index (κ1) is 31.7. The number of fused-ring (bicyclic) bond motifs is 1. The number of aryl methyl sites for hydroxylation is 1. The minimum atomic E-state index is -0.573. The second-order valence-corrected chi connectivity index (χ2v) is 13.1. The van der Waals surface area contributed by atoms with Crippen molar-refractivity contribution >= 4 is 5.69 Å². The summed E-state index contributed by atoms with van der Waals surface area (Å²) in [6.45, 7) is 5.28. The number of hydrogen-bond acceptors (Lipinski definition) is 6. The van der Waals surface area contributed by atoms with Gasteiger partial charge < -0.3 is 14.4 Å². The van der Waals surface area contributed by atoms with E-state index >= 15 is 0 Å². The van der Waals surface area contributed by atoms with E-state index in [0.29, 0.717) is 23.8 Å². The summed E-state index contributed by atoms with van der Waals surface area (Å²) in [6.07, 6.45) is 5.19. The van der Waals surface area contributed by atoms with Crippen molar-refractivity contribution in [1.82, 2.24) is 14.8 Å².